The number of amides is 3. The first-order valence-corrected chi connectivity index (χ1v) is 13.5. The summed E-state index contributed by atoms with van der Waals surface area (Å²) in [4.78, 5) is 60.4. The van der Waals surface area contributed by atoms with Gasteiger partial charge in [0.05, 0.1) is 30.1 Å². The van der Waals surface area contributed by atoms with Crippen molar-refractivity contribution in [1.82, 2.24) is 9.62 Å². The highest BCUT2D eigenvalue weighted by molar-refractivity contribution is 7.90. The van der Waals surface area contributed by atoms with Crippen molar-refractivity contribution in [3.05, 3.63) is 42.0 Å². The Morgan fingerprint density at radius 1 is 1.00 bits per heavy atom. The van der Waals surface area contributed by atoms with Crippen molar-refractivity contribution in [3.63, 3.8) is 0 Å². The van der Waals surface area contributed by atoms with Crippen LogP contribution in [-0.2, 0) is 38.7 Å². The van der Waals surface area contributed by atoms with Crippen LogP contribution < -0.4 is 4.72 Å². The zero-order valence-electron chi connectivity index (χ0n) is 20.6. The number of sulfonamides is 1. The minimum absolute atomic E-state index is 0.00949. The first-order chi connectivity index (χ1) is 17.5. The molecule has 1 N–H and O–H groups in total. The van der Waals surface area contributed by atoms with Crippen molar-refractivity contribution in [2.24, 2.45) is 5.41 Å². The molecule has 0 saturated heterocycles. The van der Waals surface area contributed by atoms with Crippen LogP contribution in [0.3, 0.4) is 0 Å². The molecule has 1 heterocycles. The second-order valence-corrected chi connectivity index (χ2v) is 10.9. The summed E-state index contributed by atoms with van der Waals surface area (Å²) in [6, 6.07) is 5.19. The molecule has 1 saturated carbocycles. The quantitative estimate of drug-likeness (QED) is 0.255. The van der Waals surface area contributed by atoms with E-state index in [1.54, 1.807) is 6.92 Å². The van der Waals surface area contributed by atoms with Gasteiger partial charge in [-0.2, -0.15) is 0 Å². The van der Waals surface area contributed by atoms with E-state index in [9.17, 15) is 32.4 Å². The van der Waals surface area contributed by atoms with Crippen LogP contribution in [0.4, 0.5) is 0 Å². The van der Waals surface area contributed by atoms with Crippen LogP contribution in [0.25, 0.3) is 0 Å². The Morgan fingerprint density at radius 3 is 2.32 bits per heavy atom. The number of esters is 2. The van der Waals surface area contributed by atoms with Gasteiger partial charge in [0.2, 0.25) is 5.91 Å². The maximum absolute atomic E-state index is 12.8. The summed E-state index contributed by atoms with van der Waals surface area (Å²) in [5.41, 5.74) is -0.754. The van der Waals surface area contributed by atoms with Crippen LogP contribution in [0.15, 0.2) is 41.3 Å². The second kappa shape index (κ2) is 12.1. The van der Waals surface area contributed by atoms with E-state index in [1.807, 2.05) is 0 Å². The van der Waals surface area contributed by atoms with Gasteiger partial charge in [-0.05, 0) is 31.0 Å². The third-order valence-corrected chi connectivity index (χ3v) is 7.67. The molecule has 12 heteroatoms. The molecule has 11 nitrogen and oxygen atoms in total. The lowest BCUT2D eigenvalue weighted by Gasteiger charge is -2.31. The maximum atomic E-state index is 12.8. The van der Waals surface area contributed by atoms with E-state index in [2.05, 4.69) is 4.72 Å². The van der Waals surface area contributed by atoms with Crippen molar-refractivity contribution >= 4 is 39.7 Å². The molecule has 37 heavy (non-hydrogen) atoms. The number of hydrogen-bond donors (Lipinski definition) is 1. The van der Waals surface area contributed by atoms with Crippen molar-refractivity contribution in [2.45, 2.75) is 56.8 Å². The van der Waals surface area contributed by atoms with E-state index in [0.717, 1.165) is 42.4 Å². The summed E-state index contributed by atoms with van der Waals surface area (Å²) in [6.45, 7) is 1.53. The number of nitrogens with one attached hydrogen (secondary N) is 1. The standard InChI is InChI=1S/C25H30N2O9S/c1-25(12-3-2-4-13-25)24(32)26-37(33,34)19-8-5-7-18(17-19)23(31)36-16-6-15-35-22(30)11-14-27-20(28)9-10-21(27)29/h5,7-10,17H,2-4,6,11-16H2,1H3,(H,26,32). The fourth-order valence-electron chi connectivity index (χ4n) is 4.07. The van der Waals surface area contributed by atoms with Gasteiger partial charge >= 0.3 is 11.9 Å². The highest BCUT2D eigenvalue weighted by Gasteiger charge is 2.37. The molecule has 3 rings (SSSR count). The molecule has 0 bridgehead atoms. The molecule has 0 atom stereocenters. The van der Waals surface area contributed by atoms with Gasteiger partial charge in [0.1, 0.15) is 0 Å². The van der Waals surface area contributed by atoms with Gasteiger partial charge in [-0.15, -0.1) is 0 Å². The number of carbonyl (C=O) groups is 5. The molecule has 1 aromatic carbocycles. The lowest BCUT2D eigenvalue weighted by Crippen LogP contribution is -2.43. The van der Waals surface area contributed by atoms with Gasteiger partial charge in [0.25, 0.3) is 21.8 Å². The molecule has 1 aromatic rings. The SMILES string of the molecule is CC1(C(=O)NS(=O)(=O)c2cccc(C(=O)OCCCOC(=O)CCN3C(=O)C=CC3=O)c2)CCCCC1. The van der Waals surface area contributed by atoms with E-state index in [1.165, 1.54) is 18.2 Å². The highest BCUT2D eigenvalue weighted by atomic mass is 32.2. The average molecular weight is 535 g/mol. The first-order valence-electron chi connectivity index (χ1n) is 12.1. The molecule has 1 fully saturated rings. The van der Waals surface area contributed by atoms with Gasteiger partial charge < -0.3 is 9.47 Å². The molecular weight excluding hydrogens is 504 g/mol. The summed E-state index contributed by atoms with van der Waals surface area (Å²) >= 11 is 0. The normalized spacial score (nSPS) is 16.9. The Balaban J connectivity index is 1.42. The number of benzene rings is 1. The zero-order chi connectivity index (χ0) is 27.1. The lowest BCUT2D eigenvalue weighted by atomic mass is 9.75. The van der Waals surface area contributed by atoms with E-state index in [0.29, 0.717) is 12.8 Å². The molecular formula is C25H30N2O9S. The van der Waals surface area contributed by atoms with Crippen molar-refractivity contribution in [1.29, 1.82) is 0 Å². The molecule has 1 aliphatic heterocycles. The Bertz CT molecular complexity index is 1180. The van der Waals surface area contributed by atoms with E-state index in [-0.39, 0.29) is 43.1 Å². The molecule has 0 radical (unpaired) electrons. The van der Waals surface area contributed by atoms with Gasteiger partial charge in [0, 0.05) is 30.5 Å². The van der Waals surface area contributed by atoms with Crippen LogP contribution in [0, 0.1) is 5.41 Å². The molecule has 0 aromatic heterocycles. The molecule has 0 unspecified atom stereocenters. The minimum Gasteiger partial charge on any atom is -0.465 e. The zero-order valence-corrected chi connectivity index (χ0v) is 21.4. The van der Waals surface area contributed by atoms with Crippen LogP contribution in [0.1, 0.15) is 62.2 Å². The molecule has 2 aliphatic rings. The fourth-order valence-corrected chi connectivity index (χ4v) is 5.22. The van der Waals surface area contributed by atoms with Crippen LogP contribution in [0.5, 0.6) is 0 Å². The monoisotopic (exact) mass is 534 g/mol. The molecule has 0 spiro atoms. The maximum Gasteiger partial charge on any atom is 0.338 e. The number of rotatable bonds is 11. The van der Waals surface area contributed by atoms with Gasteiger partial charge in [-0.1, -0.05) is 32.3 Å². The number of ether oxygens (including phenoxy) is 2. The minimum atomic E-state index is -4.17. The lowest BCUT2D eigenvalue weighted by molar-refractivity contribution is -0.145. The third kappa shape index (κ3) is 7.48. The Hall–Kier alpha value is -3.54. The third-order valence-electron chi connectivity index (χ3n) is 6.34. The molecule has 3 amide bonds. The Labute approximate surface area is 215 Å². The number of imide groups is 1. The first kappa shape index (κ1) is 28.0. The van der Waals surface area contributed by atoms with Gasteiger partial charge in [-0.25, -0.2) is 17.9 Å². The average Bonchev–Trinajstić information content (AvgIpc) is 3.19. The molecule has 1 aliphatic carbocycles. The summed E-state index contributed by atoms with van der Waals surface area (Å²) in [6.07, 6.45) is 6.26. The van der Waals surface area contributed by atoms with E-state index < -0.39 is 45.1 Å². The predicted octanol–water partition coefficient (Wildman–Crippen LogP) is 1.87. The summed E-state index contributed by atoms with van der Waals surface area (Å²) < 4.78 is 37.8. The second-order valence-electron chi connectivity index (χ2n) is 9.21. The van der Waals surface area contributed by atoms with Crippen LogP contribution >= 0.6 is 0 Å². The fraction of sp³-hybridized carbons (Fsp3) is 0.480. The number of hydrogen-bond acceptors (Lipinski definition) is 9. The number of nitrogens with zero attached hydrogens (tertiary/aromatic N) is 1. The van der Waals surface area contributed by atoms with Crippen LogP contribution in [0.2, 0.25) is 0 Å². The summed E-state index contributed by atoms with van der Waals surface area (Å²) in [5.74, 6) is -2.90. The topological polar surface area (TPSA) is 153 Å². The van der Waals surface area contributed by atoms with E-state index in [4.69, 9.17) is 9.47 Å². The molecule has 200 valence electrons. The summed E-state index contributed by atoms with van der Waals surface area (Å²) in [7, 11) is -4.17. The van der Waals surface area contributed by atoms with Crippen molar-refractivity contribution in [3.8, 4) is 0 Å². The predicted molar refractivity (Wildman–Crippen MR) is 129 cm³/mol. The smallest absolute Gasteiger partial charge is 0.338 e. The summed E-state index contributed by atoms with van der Waals surface area (Å²) in [5, 5.41) is 0. The van der Waals surface area contributed by atoms with Crippen molar-refractivity contribution < 1.29 is 41.9 Å². The van der Waals surface area contributed by atoms with Gasteiger partial charge in [-0.3, -0.25) is 24.1 Å². The van der Waals surface area contributed by atoms with E-state index >= 15 is 0 Å². The number of carbonyl (C=O) groups excluding carboxylic acids is 5. The Morgan fingerprint density at radius 2 is 1.65 bits per heavy atom. The highest BCUT2D eigenvalue weighted by Crippen LogP contribution is 2.36. The largest absolute Gasteiger partial charge is 0.465 e. The van der Waals surface area contributed by atoms with Crippen LogP contribution in [-0.4, -0.2) is 62.7 Å². The Kier molecular flexibility index (Phi) is 9.19. The van der Waals surface area contributed by atoms with Gasteiger partial charge in [0.15, 0.2) is 0 Å². The van der Waals surface area contributed by atoms with Crippen molar-refractivity contribution in [2.75, 3.05) is 19.8 Å².